The Morgan fingerprint density at radius 3 is 1.91 bits per heavy atom. The SMILES string of the molecule is CCCc1ccc2cc[nH]c2c1.Cc1ccccc1P(c1ccccc1)c1ccccc1.I. The molecule has 1 N–H and O–H groups in total. The summed E-state index contributed by atoms with van der Waals surface area (Å²) < 4.78 is 0. The fraction of sp³-hybridized carbons (Fsp3) is 0.133. The molecule has 0 aliphatic heterocycles. The third kappa shape index (κ3) is 6.56. The molecular formula is C30H31INP. The maximum absolute atomic E-state index is 3.22. The molecule has 0 saturated carbocycles. The van der Waals surface area contributed by atoms with Gasteiger partial charge in [-0.15, -0.1) is 24.0 Å². The Balaban J connectivity index is 0.000000202. The molecular weight excluding hydrogens is 532 g/mol. The number of nitrogens with one attached hydrogen (secondary N) is 1. The Bertz CT molecular complexity index is 1210. The van der Waals surface area contributed by atoms with Gasteiger partial charge in [0.05, 0.1) is 0 Å². The van der Waals surface area contributed by atoms with Crippen LogP contribution in [0.25, 0.3) is 10.9 Å². The summed E-state index contributed by atoms with van der Waals surface area (Å²) in [6.45, 7) is 4.41. The van der Waals surface area contributed by atoms with Gasteiger partial charge in [-0.1, -0.05) is 110 Å². The molecule has 5 aromatic rings. The van der Waals surface area contributed by atoms with Crippen molar-refractivity contribution in [2.75, 3.05) is 0 Å². The highest BCUT2D eigenvalue weighted by Gasteiger charge is 2.17. The molecule has 0 bridgehead atoms. The molecule has 0 spiro atoms. The second kappa shape index (κ2) is 12.7. The van der Waals surface area contributed by atoms with Crippen molar-refractivity contribution in [1.82, 2.24) is 4.98 Å². The van der Waals surface area contributed by atoms with Crippen LogP contribution in [0.5, 0.6) is 0 Å². The van der Waals surface area contributed by atoms with Crippen molar-refractivity contribution in [3.63, 3.8) is 0 Å². The van der Waals surface area contributed by atoms with E-state index in [9.17, 15) is 0 Å². The van der Waals surface area contributed by atoms with Gasteiger partial charge in [0.1, 0.15) is 0 Å². The number of fused-ring (bicyclic) bond motifs is 1. The Morgan fingerprint density at radius 2 is 1.30 bits per heavy atom. The van der Waals surface area contributed by atoms with Gasteiger partial charge in [0.2, 0.25) is 0 Å². The van der Waals surface area contributed by atoms with E-state index < -0.39 is 7.92 Å². The zero-order chi connectivity index (χ0) is 22.2. The van der Waals surface area contributed by atoms with Crippen molar-refractivity contribution in [3.05, 3.63) is 127 Å². The summed E-state index contributed by atoms with van der Waals surface area (Å²) >= 11 is 0. The van der Waals surface area contributed by atoms with Crippen LogP contribution in [0.1, 0.15) is 24.5 Å². The maximum Gasteiger partial charge on any atom is 0.0456 e. The van der Waals surface area contributed by atoms with Crippen LogP contribution < -0.4 is 15.9 Å². The summed E-state index contributed by atoms with van der Waals surface area (Å²) in [4.78, 5) is 3.22. The molecule has 1 nitrogen and oxygen atoms in total. The van der Waals surface area contributed by atoms with Crippen LogP contribution in [0, 0.1) is 6.92 Å². The van der Waals surface area contributed by atoms with E-state index in [1.807, 2.05) is 6.20 Å². The highest BCUT2D eigenvalue weighted by atomic mass is 127. The number of hydrogen-bond donors (Lipinski definition) is 1. The summed E-state index contributed by atoms with van der Waals surface area (Å²) in [5.41, 5.74) is 4.04. The predicted octanol–water partition coefficient (Wildman–Crippen LogP) is 7.49. The Hall–Kier alpha value is -2.42. The zero-order valence-electron chi connectivity index (χ0n) is 19.2. The van der Waals surface area contributed by atoms with Gasteiger partial charge in [0.25, 0.3) is 0 Å². The van der Waals surface area contributed by atoms with Gasteiger partial charge in [-0.05, 0) is 65.8 Å². The van der Waals surface area contributed by atoms with Crippen molar-refractivity contribution < 1.29 is 0 Å². The molecule has 4 aromatic carbocycles. The standard InChI is InChI=1S/C19H17P.C11H13N.HI/c1-16-10-8-9-15-19(16)20(17-11-4-2-5-12-17)18-13-6-3-7-14-18;1-2-3-9-4-5-10-6-7-12-11(10)8-9;/h2-15H,1H3;4-8,12H,2-3H2,1H3;1H. The average Bonchev–Trinajstić information content (AvgIpc) is 3.31. The number of benzene rings is 4. The second-order valence-corrected chi connectivity index (χ2v) is 10.1. The van der Waals surface area contributed by atoms with Gasteiger partial charge >= 0.3 is 0 Å². The number of hydrogen-bond acceptors (Lipinski definition) is 0. The van der Waals surface area contributed by atoms with Gasteiger partial charge in [0, 0.05) is 11.7 Å². The van der Waals surface area contributed by atoms with E-state index in [0.29, 0.717) is 0 Å². The van der Waals surface area contributed by atoms with Crippen LogP contribution in [-0.4, -0.2) is 4.98 Å². The largest absolute Gasteiger partial charge is 0.361 e. The summed E-state index contributed by atoms with van der Waals surface area (Å²) in [5.74, 6) is 0. The normalized spacial score (nSPS) is 10.4. The molecule has 0 aliphatic rings. The number of aromatic amines is 1. The zero-order valence-corrected chi connectivity index (χ0v) is 22.5. The molecule has 168 valence electrons. The van der Waals surface area contributed by atoms with Crippen molar-refractivity contribution in [2.24, 2.45) is 0 Å². The molecule has 33 heavy (non-hydrogen) atoms. The van der Waals surface area contributed by atoms with E-state index in [1.165, 1.54) is 50.8 Å². The third-order valence-corrected chi connectivity index (χ3v) is 8.16. The maximum atomic E-state index is 3.22. The van der Waals surface area contributed by atoms with Crippen LogP contribution in [0.15, 0.2) is 115 Å². The van der Waals surface area contributed by atoms with E-state index in [0.717, 1.165) is 0 Å². The number of rotatable bonds is 5. The van der Waals surface area contributed by atoms with Crippen molar-refractivity contribution in [1.29, 1.82) is 0 Å². The Labute approximate surface area is 216 Å². The first-order chi connectivity index (χ1) is 15.8. The van der Waals surface area contributed by atoms with E-state index in [1.54, 1.807) is 0 Å². The summed E-state index contributed by atoms with van der Waals surface area (Å²) in [6, 6.07) is 39.1. The van der Waals surface area contributed by atoms with Crippen molar-refractivity contribution >= 4 is 58.7 Å². The smallest absolute Gasteiger partial charge is 0.0456 e. The lowest BCUT2D eigenvalue weighted by molar-refractivity contribution is 0.923. The molecule has 1 aromatic heterocycles. The number of halogens is 1. The molecule has 0 amide bonds. The number of aromatic nitrogens is 1. The van der Waals surface area contributed by atoms with Gasteiger partial charge < -0.3 is 4.98 Å². The predicted molar refractivity (Wildman–Crippen MR) is 158 cm³/mol. The molecule has 1 heterocycles. The lowest BCUT2D eigenvalue weighted by Crippen LogP contribution is -2.22. The first-order valence-corrected chi connectivity index (χ1v) is 12.6. The topological polar surface area (TPSA) is 15.8 Å². The Kier molecular flexibility index (Phi) is 9.72. The minimum atomic E-state index is -0.467. The fourth-order valence-electron chi connectivity index (χ4n) is 3.93. The average molecular weight is 563 g/mol. The van der Waals surface area contributed by atoms with Crippen molar-refractivity contribution in [2.45, 2.75) is 26.7 Å². The first-order valence-electron chi connectivity index (χ1n) is 11.3. The lowest BCUT2D eigenvalue weighted by atomic mass is 10.1. The van der Waals surface area contributed by atoms with Crippen LogP contribution in [0.4, 0.5) is 0 Å². The first kappa shape index (κ1) is 25.2. The fourth-order valence-corrected chi connectivity index (χ4v) is 6.39. The Morgan fingerprint density at radius 1 is 0.697 bits per heavy atom. The summed E-state index contributed by atoms with van der Waals surface area (Å²) in [7, 11) is -0.467. The molecule has 0 radical (unpaired) electrons. The molecule has 0 aliphatic carbocycles. The van der Waals surface area contributed by atoms with E-state index >= 15 is 0 Å². The number of aryl methyl sites for hydroxylation is 2. The third-order valence-electron chi connectivity index (χ3n) is 5.54. The van der Waals surface area contributed by atoms with E-state index in [-0.39, 0.29) is 24.0 Å². The van der Waals surface area contributed by atoms with Gasteiger partial charge in [0.15, 0.2) is 0 Å². The monoisotopic (exact) mass is 563 g/mol. The van der Waals surface area contributed by atoms with E-state index in [2.05, 4.69) is 128 Å². The minimum absolute atomic E-state index is 0. The molecule has 5 rings (SSSR count). The summed E-state index contributed by atoms with van der Waals surface area (Å²) in [5, 5.41) is 5.56. The van der Waals surface area contributed by atoms with Crippen LogP contribution in [0.2, 0.25) is 0 Å². The van der Waals surface area contributed by atoms with Crippen LogP contribution in [-0.2, 0) is 6.42 Å². The lowest BCUT2D eigenvalue weighted by Gasteiger charge is -2.21. The van der Waals surface area contributed by atoms with Crippen LogP contribution in [0.3, 0.4) is 0 Å². The quantitative estimate of drug-likeness (QED) is 0.169. The molecule has 0 atom stereocenters. The van der Waals surface area contributed by atoms with Gasteiger partial charge in [-0.25, -0.2) is 0 Å². The highest BCUT2D eigenvalue weighted by molar-refractivity contribution is 14.0. The minimum Gasteiger partial charge on any atom is -0.361 e. The molecule has 3 heteroatoms. The van der Waals surface area contributed by atoms with Crippen molar-refractivity contribution in [3.8, 4) is 0 Å². The van der Waals surface area contributed by atoms with Gasteiger partial charge in [-0.2, -0.15) is 0 Å². The van der Waals surface area contributed by atoms with Gasteiger partial charge in [-0.3, -0.25) is 0 Å². The van der Waals surface area contributed by atoms with E-state index in [4.69, 9.17) is 0 Å². The second-order valence-electron chi connectivity index (χ2n) is 7.94. The highest BCUT2D eigenvalue weighted by Crippen LogP contribution is 2.33. The van der Waals surface area contributed by atoms with Crippen LogP contribution >= 0.6 is 31.9 Å². The molecule has 0 saturated heterocycles. The number of H-pyrrole nitrogens is 1. The molecule has 0 fully saturated rings. The molecule has 0 unspecified atom stereocenters. The summed E-state index contributed by atoms with van der Waals surface area (Å²) in [6.07, 6.45) is 4.38.